The molecule has 1 aromatic carbocycles. The normalized spacial score (nSPS) is 12.9. The molecule has 8 heteroatoms. The topological polar surface area (TPSA) is 102 Å². The van der Waals surface area contributed by atoms with Gasteiger partial charge in [0.15, 0.2) is 6.10 Å². The molecule has 1 unspecified atom stereocenters. The third-order valence-corrected chi connectivity index (χ3v) is 4.20. The van der Waals surface area contributed by atoms with Gasteiger partial charge >= 0.3 is 5.97 Å². The average Bonchev–Trinajstić information content (AvgIpc) is 2.41. The standard InChI is InChI=1S/C13H19NO6S/c1-4-20-11-6-5-10(7-9(11)2)21(17,18)14-8-12(19-3)13(15)16/h5-7,12,14H,4,8H2,1-3H3,(H,15,16). The van der Waals surface area contributed by atoms with Gasteiger partial charge in [-0.3, -0.25) is 0 Å². The molecule has 0 aromatic heterocycles. The highest BCUT2D eigenvalue weighted by molar-refractivity contribution is 7.89. The fourth-order valence-electron chi connectivity index (χ4n) is 1.65. The Morgan fingerprint density at radius 2 is 2.10 bits per heavy atom. The number of nitrogens with one attached hydrogen (secondary N) is 1. The monoisotopic (exact) mass is 317 g/mol. The number of benzene rings is 1. The second-order valence-electron chi connectivity index (χ2n) is 4.27. The van der Waals surface area contributed by atoms with Crippen LogP contribution in [0.2, 0.25) is 0 Å². The maximum absolute atomic E-state index is 12.1. The van der Waals surface area contributed by atoms with Gasteiger partial charge in [0, 0.05) is 13.7 Å². The van der Waals surface area contributed by atoms with Gasteiger partial charge in [0.2, 0.25) is 10.0 Å². The van der Waals surface area contributed by atoms with Gasteiger partial charge in [-0.2, -0.15) is 0 Å². The molecule has 2 N–H and O–H groups in total. The fourth-order valence-corrected chi connectivity index (χ4v) is 2.76. The highest BCUT2D eigenvalue weighted by Gasteiger charge is 2.21. The van der Waals surface area contributed by atoms with Crippen LogP contribution < -0.4 is 9.46 Å². The van der Waals surface area contributed by atoms with Crippen molar-refractivity contribution < 1.29 is 27.8 Å². The van der Waals surface area contributed by atoms with Crippen molar-refractivity contribution in [1.82, 2.24) is 4.72 Å². The molecule has 0 spiro atoms. The SMILES string of the molecule is CCOc1ccc(S(=O)(=O)NCC(OC)C(=O)O)cc1C. The minimum absolute atomic E-state index is 0.0451. The molecular formula is C13H19NO6S. The second-order valence-corrected chi connectivity index (χ2v) is 6.04. The molecule has 0 saturated carbocycles. The zero-order valence-corrected chi connectivity index (χ0v) is 12.9. The highest BCUT2D eigenvalue weighted by atomic mass is 32.2. The summed E-state index contributed by atoms with van der Waals surface area (Å²) in [6.07, 6.45) is -1.23. The highest BCUT2D eigenvalue weighted by Crippen LogP contribution is 2.21. The summed E-state index contributed by atoms with van der Waals surface area (Å²) in [5.41, 5.74) is 0.682. The number of carboxylic acids is 1. The van der Waals surface area contributed by atoms with Crippen molar-refractivity contribution in [1.29, 1.82) is 0 Å². The molecule has 0 fully saturated rings. The lowest BCUT2D eigenvalue weighted by atomic mass is 10.2. The quantitative estimate of drug-likeness (QED) is 0.734. The van der Waals surface area contributed by atoms with E-state index in [0.717, 1.165) is 0 Å². The first kappa shape index (κ1) is 17.4. The number of methoxy groups -OCH3 is 1. The summed E-state index contributed by atoms with van der Waals surface area (Å²) in [6, 6.07) is 4.44. The number of rotatable bonds is 8. The Kier molecular flexibility index (Phi) is 6.13. The molecule has 1 atom stereocenters. The van der Waals surface area contributed by atoms with Crippen LogP contribution in [0.25, 0.3) is 0 Å². The predicted molar refractivity (Wildman–Crippen MR) is 76.0 cm³/mol. The van der Waals surface area contributed by atoms with E-state index in [1.54, 1.807) is 13.0 Å². The molecule has 118 valence electrons. The van der Waals surface area contributed by atoms with Crippen LogP contribution in [0.3, 0.4) is 0 Å². The van der Waals surface area contributed by atoms with E-state index in [1.807, 2.05) is 6.92 Å². The van der Waals surface area contributed by atoms with E-state index in [0.29, 0.717) is 17.9 Å². The van der Waals surface area contributed by atoms with Crippen molar-refractivity contribution in [2.45, 2.75) is 24.8 Å². The summed E-state index contributed by atoms with van der Waals surface area (Å²) in [7, 11) is -2.60. The summed E-state index contributed by atoms with van der Waals surface area (Å²) in [5.74, 6) is -0.625. The smallest absolute Gasteiger partial charge is 0.334 e. The molecule has 0 amide bonds. The third kappa shape index (κ3) is 4.69. The first-order valence-electron chi connectivity index (χ1n) is 6.30. The summed E-state index contributed by atoms with van der Waals surface area (Å²) >= 11 is 0. The summed E-state index contributed by atoms with van der Waals surface area (Å²) in [4.78, 5) is 10.8. The Bertz CT molecular complexity index is 599. The van der Waals surface area contributed by atoms with Crippen LogP contribution in [0.4, 0.5) is 0 Å². The minimum atomic E-state index is -3.80. The van der Waals surface area contributed by atoms with E-state index in [-0.39, 0.29) is 11.4 Å². The van der Waals surface area contributed by atoms with Crippen LogP contribution in [0.5, 0.6) is 5.75 Å². The molecule has 0 saturated heterocycles. The predicted octanol–water partition coefficient (Wildman–Crippen LogP) is 0.772. The molecule has 7 nitrogen and oxygen atoms in total. The lowest BCUT2D eigenvalue weighted by Crippen LogP contribution is -2.37. The number of aliphatic carboxylic acids is 1. The van der Waals surface area contributed by atoms with Gasteiger partial charge in [-0.05, 0) is 37.6 Å². The van der Waals surface area contributed by atoms with Gasteiger partial charge in [0.25, 0.3) is 0 Å². The largest absolute Gasteiger partial charge is 0.494 e. The summed E-state index contributed by atoms with van der Waals surface area (Å²) in [5, 5.41) is 8.80. The number of ether oxygens (including phenoxy) is 2. The van der Waals surface area contributed by atoms with Crippen LogP contribution in [-0.2, 0) is 19.6 Å². The molecule has 0 bridgehead atoms. The van der Waals surface area contributed by atoms with Crippen LogP contribution in [0.1, 0.15) is 12.5 Å². The molecular weight excluding hydrogens is 298 g/mol. The molecule has 21 heavy (non-hydrogen) atoms. The van der Waals surface area contributed by atoms with E-state index in [2.05, 4.69) is 9.46 Å². The van der Waals surface area contributed by atoms with Crippen LogP contribution >= 0.6 is 0 Å². The van der Waals surface area contributed by atoms with Gasteiger partial charge in [0.05, 0.1) is 11.5 Å². The first-order valence-corrected chi connectivity index (χ1v) is 7.78. The first-order chi connectivity index (χ1) is 9.81. The molecule has 0 radical (unpaired) electrons. The van der Waals surface area contributed by atoms with Crippen molar-refractivity contribution >= 4 is 16.0 Å². The molecule has 1 aromatic rings. The van der Waals surface area contributed by atoms with Gasteiger partial charge in [-0.15, -0.1) is 0 Å². The molecule has 0 aliphatic heterocycles. The number of hydrogen-bond donors (Lipinski definition) is 2. The molecule has 0 heterocycles. The van der Waals surface area contributed by atoms with Gasteiger partial charge in [-0.1, -0.05) is 0 Å². The number of carbonyl (C=O) groups is 1. The molecule has 0 aliphatic carbocycles. The second kappa shape index (κ2) is 7.39. The number of carboxylic acid groups (broad SMARTS) is 1. The van der Waals surface area contributed by atoms with E-state index in [4.69, 9.17) is 9.84 Å². The molecule has 0 aliphatic rings. The lowest BCUT2D eigenvalue weighted by molar-refractivity contribution is -0.147. The van der Waals surface area contributed by atoms with Crippen molar-refractivity contribution in [3.05, 3.63) is 23.8 Å². The molecule has 1 rings (SSSR count). The van der Waals surface area contributed by atoms with Gasteiger partial charge < -0.3 is 14.6 Å². The third-order valence-electron chi connectivity index (χ3n) is 2.78. The van der Waals surface area contributed by atoms with Crippen molar-refractivity contribution in [3.8, 4) is 5.75 Å². The Morgan fingerprint density at radius 1 is 1.43 bits per heavy atom. The van der Waals surface area contributed by atoms with Crippen molar-refractivity contribution in [2.75, 3.05) is 20.3 Å². The zero-order chi connectivity index (χ0) is 16.0. The Balaban J connectivity index is 2.88. The number of aryl methyl sites for hydroxylation is 1. The zero-order valence-electron chi connectivity index (χ0n) is 12.1. The average molecular weight is 317 g/mol. The lowest BCUT2D eigenvalue weighted by Gasteiger charge is -2.13. The van der Waals surface area contributed by atoms with Crippen LogP contribution in [0, 0.1) is 6.92 Å². The maximum atomic E-state index is 12.1. The minimum Gasteiger partial charge on any atom is -0.494 e. The fraction of sp³-hybridized carbons (Fsp3) is 0.462. The summed E-state index contributed by atoms with van der Waals surface area (Å²) < 4.78 is 36.4. The summed E-state index contributed by atoms with van der Waals surface area (Å²) in [6.45, 7) is 3.71. The van der Waals surface area contributed by atoms with Gasteiger partial charge in [-0.25, -0.2) is 17.9 Å². The van der Waals surface area contributed by atoms with Crippen molar-refractivity contribution in [3.63, 3.8) is 0 Å². The Labute approximate surface area is 123 Å². The van der Waals surface area contributed by atoms with E-state index < -0.39 is 22.1 Å². The van der Waals surface area contributed by atoms with Crippen LogP contribution in [0.15, 0.2) is 23.1 Å². The van der Waals surface area contributed by atoms with E-state index in [9.17, 15) is 13.2 Å². The van der Waals surface area contributed by atoms with Gasteiger partial charge in [0.1, 0.15) is 5.75 Å². The van der Waals surface area contributed by atoms with E-state index >= 15 is 0 Å². The Morgan fingerprint density at radius 3 is 2.57 bits per heavy atom. The van der Waals surface area contributed by atoms with Crippen molar-refractivity contribution in [2.24, 2.45) is 0 Å². The maximum Gasteiger partial charge on any atom is 0.334 e. The van der Waals surface area contributed by atoms with Crippen LogP contribution in [-0.4, -0.2) is 45.9 Å². The Hall–Kier alpha value is -1.64. The number of sulfonamides is 1. The van der Waals surface area contributed by atoms with E-state index in [1.165, 1.54) is 19.2 Å². The number of hydrogen-bond acceptors (Lipinski definition) is 5.